The van der Waals surface area contributed by atoms with E-state index in [-0.39, 0.29) is 6.42 Å². The van der Waals surface area contributed by atoms with Crippen molar-refractivity contribution in [3.63, 3.8) is 0 Å². The number of carbonyl (C=O) groups is 1. The van der Waals surface area contributed by atoms with Gasteiger partial charge in [0.15, 0.2) is 0 Å². The summed E-state index contributed by atoms with van der Waals surface area (Å²) in [5, 5.41) is 16.1. The predicted octanol–water partition coefficient (Wildman–Crippen LogP) is 0.788. The fourth-order valence-corrected chi connectivity index (χ4v) is 0.364. The minimum absolute atomic E-state index is 0.0793. The Labute approximate surface area is 60.4 Å². The van der Waals surface area contributed by atoms with Gasteiger partial charge in [0.05, 0.1) is 12.5 Å². The molecule has 0 bridgehead atoms. The molecule has 0 saturated carbocycles. The molecule has 0 aromatic heterocycles. The van der Waals surface area contributed by atoms with Crippen LogP contribution in [0.4, 0.5) is 0 Å². The zero-order valence-corrected chi connectivity index (χ0v) is 6.12. The molecular weight excluding hydrogens is 221 g/mol. The van der Waals surface area contributed by atoms with Crippen LogP contribution in [0.15, 0.2) is 0 Å². The zero-order valence-electron chi connectivity index (χ0n) is 3.97. The molecule has 1 atom stereocenters. The summed E-state index contributed by atoms with van der Waals surface area (Å²) in [6.45, 7) is 0. The van der Waals surface area contributed by atoms with E-state index in [1.807, 2.05) is 0 Å². The number of alkyl halides is 1. The summed E-state index contributed by atoms with van der Waals surface area (Å²) in [7, 11) is 0. The van der Waals surface area contributed by atoms with Crippen molar-refractivity contribution >= 4 is 28.6 Å². The molecule has 0 aromatic carbocycles. The summed E-state index contributed by atoms with van der Waals surface area (Å²) in [6, 6.07) is 1.76. The molecule has 0 aromatic rings. The Morgan fingerprint density at radius 1 is 2.00 bits per heavy atom. The average molecular weight is 225 g/mol. The number of nitriles is 1. The molecule has 0 aliphatic heterocycles. The van der Waals surface area contributed by atoms with Gasteiger partial charge in [0.2, 0.25) is 0 Å². The number of aliphatic carboxylic acids is 1. The van der Waals surface area contributed by atoms with E-state index in [1.54, 1.807) is 28.7 Å². The van der Waals surface area contributed by atoms with Crippen LogP contribution in [-0.4, -0.2) is 15.0 Å². The number of carboxylic acid groups (broad SMARTS) is 1. The van der Waals surface area contributed by atoms with Crippen molar-refractivity contribution < 1.29 is 9.90 Å². The summed E-state index contributed by atoms with van der Waals surface area (Å²) in [6.07, 6.45) is 0.0793. The van der Waals surface area contributed by atoms with Gasteiger partial charge in [-0.3, -0.25) is 4.79 Å². The van der Waals surface area contributed by atoms with E-state index in [4.69, 9.17) is 10.4 Å². The molecule has 44 valence electrons. The van der Waals surface area contributed by atoms with Crippen LogP contribution in [-0.2, 0) is 4.79 Å². The van der Waals surface area contributed by atoms with Gasteiger partial charge >= 0.3 is 5.97 Å². The molecule has 0 aliphatic carbocycles. The van der Waals surface area contributed by atoms with E-state index in [1.165, 1.54) is 0 Å². The summed E-state index contributed by atoms with van der Waals surface area (Å²) < 4.78 is -0.558. The molecule has 0 saturated heterocycles. The van der Waals surface area contributed by atoms with Crippen LogP contribution in [0.2, 0.25) is 0 Å². The molecule has 0 spiro atoms. The third-order valence-electron chi connectivity index (χ3n) is 0.538. The minimum Gasteiger partial charge on any atom is -0.480 e. The van der Waals surface area contributed by atoms with Crippen LogP contribution >= 0.6 is 22.6 Å². The van der Waals surface area contributed by atoms with E-state index in [2.05, 4.69) is 0 Å². The van der Waals surface area contributed by atoms with Crippen molar-refractivity contribution in [2.24, 2.45) is 0 Å². The van der Waals surface area contributed by atoms with Crippen LogP contribution in [0, 0.1) is 11.3 Å². The van der Waals surface area contributed by atoms with E-state index in [9.17, 15) is 4.79 Å². The lowest BCUT2D eigenvalue weighted by Gasteiger charge is -1.92. The minimum atomic E-state index is -0.924. The quantitative estimate of drug-likeness (QED) is 0.558. The number of nitrogens with zero attached hydrogens (tertiary/aromatic N) is 1. The summed E-state index contributed by atoms with van der Waals surface area (Å²) in [4.78, 5) is 9.93. The van der Waals surface area contributed by atoms with E-state index in [0.717, 1.165) is 0 Å². The van der Waals surface area contributed by atoms with Gasteiger partial charge in [0, 0.05) is 0 Å². The maximum Gasteiger partial charge on any atom is 0.317 e. The van der Waals surface area contributed by atoms with Gasteiger partial charge in [0.25, 0.3) is 0 Å². The van der Waals surface area contributed by atoms with Gasteiger partial charge in [-0.25, -0.2) is 0 Å². The number of carboxylic acids is 1. The lowest BCUT2D eigenvalue weighted by Crippen LogP contribution is -2.10. The van der Waals surface area contributed by atoms with Crippen LogP contribution in [0.1, 0.15) is 6.42 Å². The second-order valence-electron chi connectivity index (χ2n) is 1.17. The molecular formula is C4H4INO2. The molecule has 0 unspecified atom stereocenters. The Hall–Kier alpha value is -0.310. The largest absolute Gasteiger partial charge is 0.480 e. The van der Waals surface area contributed by atoms with Crippen molar-refractivity contribution in [1.82, 2.24) is 0 Å². The summed E-state index contributed by atoms with van der Waals surface area (Å²) in [5.41, 5.74) is 0. The topological polar surface area (TPSA) is 61.1 Å². The summed E-state index contributed by atoms with van der Waals surface area (Å²) >= 11 is 1.71. The monoisotopic (exact) mass is 225 g/mol. The fourth-order valence-electron chi connectivity index (χ4n) is 0.167. The lowest BCUT2D eigenvalue weighted by molar-refractivity contribution is -0.135. The van der Waals surface area contributed by atoms with E-state index < -0.39 is 9.89 Å². The Bertz CT molecular complexity index is 128. The van der Waals surface area contributed by atoms with Gasteiger partial charge in [-0.1, -0.05) is 22.6 Å². The highest BCUT2D eigenvalue weighted by molar-refractivity contribution is 14.1. The zero-order chi connectivity index (χ0) is 6.57. The van der Waals surface area contributed by atoms with Gasteiger partial charge in [-0.15, -0.1) is 0 Å². The molecule has 0 radical (unpaired) electrons. The van der Waals surface area contributed by atoms with Gasteiger partial charge in [-0.2, -0.15) is 5.26 Å². The highest BCUT2D eigenvalue weighted by atomic mass is 127. The number of halogens is 1. The molecule has 0 fully saturated rings. The highest BCUT2D eigenvalue weighted by Crippen LogP contribution is 2.03. The average Bonchev–Trinajstić information content (AvgIpc) is 1.67. The van der Waals surface area contributed by atoms with Crippen LogP contribution in [0.25, 0.3) is 0 Å². The van der Waals surface area contributed by atoms with Crippen LogP contribution in [0.3, 0.4) is 0 Å². The summed E-state index contributed by atoms with van der Waals surface area (Å²) in [5.74, 6) is -0.924. The van der Waals surface area contributed by atoms with Crippen molar-refractivity contribution in [3.05, 3.63) is 0 Å². The first-order chi connectivity index (χ1) is 3.68. The van der Waals surface area contributed by atoms with Gasteiger partial charge < -0.3 is 5.11 Å². The van der Waals surface area contributed by atoms with E-state index >= 15 is 0 Å². The molecule has 8 heavy (non-hydrogen) atoms. The first kappa shape index (κ1) is 7.69. The molecule has 0 aliphatic rings. The van der Waals surface area contributed by atoms with Crippen molar-refractivity contribution in [2.45, 2.75) is 10.3 Å². The fraction of sp³-hybridized carbons (Fsp3) is 0.500. The lowest BCUT2D eigenvalue weighted by atomic mass is 10.3. The molecule has 3 nitrogen and oxygen atoms in total. The smallest absolute Gasteiger partial charge is 0.317 e. The standard InChI is InChI=1S/C4H4INO2/c5-3(1-2-6)4(7)8/h3H,1H2,(H,7,8)/t3-/m0/s1. The first-order valence-electron chi connectivity index (χ1n) is 1.92. The first-order valence-corrected chi connectivity index (χ1v) is 3.17. The Kier molecular flexibility index (Phi) is 3.52. The molecule has 4 heteroatoms. The Morgan fingerprint density at radius 3 is 2.62 bits per heavy atom. The number of hydrogen-bond donors (Lipinski definition) is 1. The van der Waals surface area contributed by atoms with Crippen LogP contribution in [0.5, 0.6) is 0 Å². The van der Waals surface area contributed by atoms with Crippen molar-refractivity contribution in [2.75, 3.05) is 0 Å². The number of hydrogen-bond acceptors (Lipinski definition) is 2. The molecule has 0 heterocycles. The second-order valence-corrected chi connectivity index (χ2v) is 2.67. The van der Waals surface area contributed by atoms with Crippen molar-refractivity contribution in [1.29, 1.82) is 5.26 Å². The Balaban J connectivity index is 3.52. The van der Waals surface area contributed by atoms with E-state index in [0.29, 0.717) is 0 Å². The highest BCUT2D eigenvalue weighted by Gasteiger charge is 2.10. The Morgan fingerprint density at radius 2 is 2.50 bits per heavy atom. The maximum absolute atomic E-state index is 9.93. The third kappa shape index (κ3) is 2.80. The second kappa shape index (κ2) is 3.66. The van der Waals surface area contributed by atoms with Gasteiger partial charge in [0.1, 0.15) is 3.92 Å². The number of rotatable bonds is 2. The SMILES string of the molecule is N#CC[C@H](I)C(=O)O. The predicted molar refractivity (Wildman–Crippen MR) is 35.7 cm³/mol. The third-order valence-corrected chi connectivity index (χ3v) is 1.51. The molecule has 0 amide bonds. The normalized spacial score (nSPS) is 12.0. The molecule has 1 N–H and O–H groups in total. The van der Waals surface area contributed by atoms with Crippen LogP contribution < -0.4 is 0 Å². The molecule has 0 rings (SSSR count). The van der Waals surface area contributed by atoms with Gasteiger partial charge in [-0.05, 0) is 0 Å². The maximum atomic E-state index is 9.93. The van der Waals surface area contributed by atoms with Crippen molar-refractivity contribution in [3.8, 4) is 6.07 Å².